The van der Waals surface area contributed by atoms with Crippen molar-refractivity contribution in [3.63, 3.8) is 0 Å². The van der Waals surface area contributed by atoms with Crippen molar-refractivity contribution in [3.05, 3.63) is 59.2 Å². The summed E-state index contributed by atoms with van der Waals surface area (Å²) in [5, 5.41) is 11.1. The largest absolute Gasteiger partial charge is 0.411 e. The van der Waals surface area contributed by atoms with Crippen LogP contribution in [0.4, 0.5) is 5.69 Å². The third-order valence-corrected chi connectivity index (χ3v) is 4.89. The van der Waals surface area contributed by atoms with Crippen LogP contribution in [0.25, 0.3) is 11.5 Å². The zero-order chi connectivity index (χ0) is 18.7. The van der Waals surface area contributed by atoms with E-state index >= 15 is 0 Å². The van der Waals surface area contributed by atoms with Gasteiger partial charge in [0.2, 0.25) is 11.8 Å². The first-order valence-corrected chi connectivity index (χ1v) is 9.25. The van der Waals surface area contributed by atoms with Gasteiger partial charge >= 0.3 is 0 Å². The molecule has 5 nitrogen and oxygen atoms in total. The van der Waals surface area contributed by atoms with Crippen LogP contribution in [-0.4, -0.2) is 21.4 Å². The van der Waals surface area contributed by atoms with Crippen LogP contribution in [0.2, 0.25) is 0 Å². The van der Waals surface area contributed by atoms with Crippen molar-refractivity contribution < 1.29 is 9.21 Å². The molecule has 0 saturated carbocycles. The molecule has 0 aliphatic heterocycles. The normalized spacial score (nSPS) is 12.0. The van der Waals surface area contributed by atoms with Crippen LogP contribution in [0.5, 0.6) is 0 Å². The number of anilines is 1. The summed E-state index contributed by atoms with van der Waals surface area (Å²) in [7, 11) is 0. The van der Waals surface area contributed by atoms with Gasteiger partial charge in [-0.15, -0.1) is 10.2 Å². The van der Waals surface area contributed by atoms with E-state index in [2.05, 4.69) is 15.5 Å². The molecule has 3 aromatic rings. The van der Waals surface area contributed by atoms with Crippen LogP contribution in [0.15, 0.2) is 52.1 Å². The molecule has 0 bridgehead atoms. The molecule has 1 heterocycles. The van der Waals surface area contributed by atoms with Crippen molar-refractivity contribution in [2.45, 2.75) is 38.2 Å². The van der Waals surface area contributed by atoms with Crippen LogP contribution in [0, 0.1) is 20.8 Å². The lowest BCUT2D eigenvalue weighted by atomic mass is 10.1. The molecule has 1 atom stereocenters. The number of thioether (sulfide) groups is 1. The van der Waals surface area contributed by atoms with Crippen LogP contribution >= 0.6 is 11.8 Å². The molecule has 0 aliphatic rings. The van der Waals surface area contributed by atoms with Gasteiger partial charge in [-0.05, 0) is 51.5 Å². The number of aromatic nitrogens is 2. The fourth-order valence-corrected chi connectivity index (χ4v) is 3.23. The maximum atomic E-state index is 12.5. The van der Waals surface area contributed by atoms with Crippen molar-refractivity contribution >= 4 is 23.4 Å². The Balaban J connectivity index is 1.66. The summed E-state index contributed by atoms with van der Waals surface area (Å²) in [6.45, 7) is 7.83. The van der Waals surface area contributed by atoms with E-state index < -0.39 is 0 Å². The third-order valence-electron chi connectivity index (χ3n) is 3.96. The second-order valence-electron chi connectivity index (χ2n) is 6.31. The lowest BCUT2D eigenvalue weighted by Gasteiger charge is -2.12. The maximum absolute atomic E-state index is 12.5. The fourth-order valence-electron chi connectivity index (χ4n) is 2.55. The Labute approximate surface area is 157 Å². The Morgan fingerprint density at radius 3 is 2.58 bits per heavy atom. The Morgan fingerprint density at radius 2 is 1.85 bits per heavy atom. The number of nitrogens with zero attached hydrogens (tertiary/aromatic N) is 2. The van der Waals surface area contributed by atoms with Gasteiger partial charge in [-0.2, -0.15) is 0 Å². The van der Waals surface area contributed by atoms with E-state index in [4.69, 9.17) is 4.42 Å². The Kier molecular flexibility index (Phi) is 5.42. The first kappa shape index (κ1) is 18.2. The second kappa shape index (κ2) is 7.74. The summed E-state index contributed by atoms with van der Waals surface area (Å²) in [6, 6.07) is 13.8. The Bertz CT molecular complexity index is 936. The number of carbonyl (C=O) groups is 1. The molecule has 0 fully saturated rings. The van der Waals surface area contributed by atoms with Gasteiger partial charge in [-0.3, -0.25) is 4.79 Å². The highest BCUT2D eigenvalue weighted by Crippen LogP contribution is 2.27. The molecule has 1 aromatic heterocycles. The highest BCUT2D eigenvalue weighted by atomic mass is 32.2. The molecule has 6 heteroatoms. The summed E-state index contributed by atoms with van der Waals surface area (Å²) in [4.78, 5) is 12.5. The molecule has 0 saturated heterocycles. The summed E-state index contributed by atoms with van der Waals surface area (Å²) < 4.78 is 5.70. The predicted molar refractivity (Wildman–Crippen MR) is 104 cm³/mol. The van der Waals surface area contributed by atoms with E-state index in [1.165, 1.54) is 11.8 Å². The zero-order valence-corrected chi connectivity index (χ0v) is 16.1. The summed E-state index contributed by atoms with van der Waals surface area (Å²) >= 11 is 1.25. The molecule has 0 aliphatic carbocycles. The molecule has 2 aromatic carbocycles. The molecule has 0 spiro atoms. The molecule has 0 radical (unpaired) electrons. The molecular weight excluding hydrogens is 346 g/mol. The van der Waals surface area contributed by atoms with Crippen molar-refractivity contribution in [2.75, 3.05) is 5.32 Å². The van der Waals surface area contributed by atoms with E-state index in [-0.39, 0.29) is 11.2 Å². The third kappa shape index (κ3) is 4.32. The highest BCUT2D eigenvalue weighted by Gasteiger charge is 2.19. The van der Waals surface area contributed by atoms with Crippen molar-refractivity contribution in [1.82, 2.24) is 10.2 Å². The molecule has 0 unspecified atom stereocenters. The van der Waals surface area contributed by atoms with Crippen LogP contribution in [-0.2, 0) is 4.79 Å². The highest BCUT2D eigenvalue weighted by molar-refractivity contribution is 8.00. The average molecular weight is 367 g/mol. The standard InChI is InChI=1S/C20H21N3O2S/c1-12-6-5-7-16(11-12)19-22-23-20(25-19)26-15(4)18(24)21-17-9-8-13(2)10-14(17)3/h5-11,15H,1-4H3,(H,21,24)/t15-/m0/s1. The van der Waals surface area contributed by atoms with Gasteiger partial charge in [0.25, 0.3) is 5.22 Å². The van der Waals surface area contributed by atoms with Gasteiger partial charge < -0.3 is 9.73 Å². The zero-order valence-electron chi connectivity index (χ0n) is 15.2. The number of rotatable bonds is 5. The lowest BCUT2D eigenvalue weighted by molar-refractivity contribution is -0.115. The van der Waals surface area contributed by atoms with E-state index in [9.17, 15) is 4.79 Å². The minimum Gasteiger partial charge on any atom is -0.411 e. The topological polar surface area (TPSA) is 68.0 Å². The van der Waals surface area contributed by atoms with Gasteiger partial charge in [0.05, 0.1) is 5.25 Å². The van der Waals surface area contributed by atoms with Gasteiger partial charge in [0, 0.05) is 11.3 Å². The fraction of sp³-hybridized carbons (Fsp3) is 0.250. The van der Waals surface area contributed by atoms with E-state index in [1.54, 1.807) is 0 Å². The van der Waals surface area contributed by atoms with Crippen LogP contribution in [0.1, 0.15) is 23.6 Å². The van der Waals surface area contributed by atoms with Gasteiger partial charge in [-0.1, -0.05) is 47.2 Å². The first-order chi connectivity index (χ1) is 12.4. The average Bonchev–Trinajstić information content (AvgIpc) is 3.06. The number of hydrogen-bond donors (Lipinski definition) is 1. The molecule has 1 amide bonds. The van der Waals surface area contributed by atoms with E-state index in [0.29, 0.717) is 11.1 Å². The van der Waals surface area contributed by atoms with Gasteiger partial charge in [0.15, 0.2) is 0 Å². The number of aryl methyl sites for hydroxylation is 3. The monoisotopic (exact) mass is 367 g/mol. The van der Waals surface area contributed by atoms with Crippen molar-refractivity contribution in [3.8, 4) is 11.5 Å². The molecular formula is C20H21N3O2S. The lowest BCUT2D eigenvalue weighted by Crippen LogP contribution is -2.22. The van der Waals surface area contributed by atoms with E-state index in [1.807, 2.05) is 70.2 Å². The first-order valence-electron chi connectivity index (χ1n) is 8.37. The van der Waals surface area contributed by atoms with Gasteiger partial charge in [0.1, 0.15) is 0 Å². The molecule has 1 N–H and O–H groups in total. The van der Waals surface area contributed by atoms with Crippen molar-refractivity contribution in [1.29, 1.82) is 0 Å². The van der Waals surface area contributed by atoms with Crippen molar-refractivity contribution in [2.24, 2.45) is 0 Å². The number of carbonyl (C=O) groups excluding carboxylic acids is 1. The maximum Gasteiger partial charge on any atom is 0.277 e. The van der Waals surface area contributed by atoms with E-state index in [0.717, 1.165) is 27.9 Å². The summed E-state index contributed by atoms with van der Waals surface area (Å²) in [6.07, 6.45) is 0. The quantitative estimate of drug-likeness (QED) is 0.657. The van der Waals surface area contributed by atoms with Gasteiger partial charge in [-0.25, -0.2) is 0 Å². The smallest absolute Gasteiger partial charge is 0.277 e. The number of benzene rings is 2. The predicted octanol–water partition coefficient (Wildman–Crippen LogP) is 4.78. The summed E-state index contributed by atoms with van der Waals surface area (Å²) in [5.41, 5.74) is 5.01. The summed E-state index contributed by atoms with van der Waals surface area (Å²) in [5.74, 6) is 0.357. The molecule has 134 valence electrons. The van der Waals surface area contributed by atoms with Crippen LogP contribution in [0.3, 0.4) is 0 Å². The van der Waals surface area contributed by atoms with Crippen LogP contribution < -0.4 is 5.32 Å². The molecule has 3 rings (SSSR count). The number of hydrogen-bond acceptors (Lipinski definition) is 5. The Hall–Kier alpha value is -2.60. The second-order valence-corrected chi connectivity index (χ2v) is 7.60. The minimum absolute atomic E-state index is 0.0998. The SMILES string of the molecule is Cc1cccc(-c2nnc(S[C@@H](C)C(=O)Nc3ccc(C)cc3C)o2)c1. The number of amides is 1. The Morgan fingerprint density at radius 1 is 1.08 bits per heavy atom. The molecule has 26 heavy (non-hydrogen) atoms. The number of nitrogens with one attached hydrogen (secondary N) is 1. The minimum atomic E-state index is -0.360.